The van der Waals surface area contributed by atoms with Crippen molar-refractivity contribution in [2.75, 3.05) is 41.4 Å². The minimum absolute atomic E-state index is 0. The Labute approximate surface area is 201 Å². The van der Waals surface area contributed by atoms with Gasteiger partial charge in [0, 0.05) is 36.6 Å². The van der Waals surface area contributed by atoms with Crippen molar-refractivity contribution < 1.29 is 9.47 Å². The smallest absolute Gasteiger partial charge is 0.191 e. The van der Waals surface area contributed by atoms with E-state index < -0.39 is 0 Å². The summed E-state index contributed by atoms with van der Waals surface area (Å²) in [5, 5.41) is 9.11. The van der Waals surface area contributed by atoms with E-state index in [1.165, 1.54) is 17.7 Å². The molecule has 2 aromatic rings. The maximum Gasteiger partial charge on any atom is 0.191 e. The molecule has 2 N–H and O–H groups in total. The third-order valence-corrected chi connectivity index (χ3v) is 6.47. The summed E-state index contributed by atoms with van der Waals surface area (Å²) in [6.07, 6.45) is 2.46. The van der Waals surface area contributed by atoms with E-state index in [0.717, 1.165) is 36.1 Å². The maximum atomic E-state index is 5.53. The van der Waals surface area contributed by atoms with Crippen LogP contribution in [0.3, 0.4) is 0 Å². The average molecular weight is 545 g/mol. The van der Waals surface area contributed by atoms with Gasteiger partial charge in [-0.15, -0.1) is 35.3 Å². The molecule has 1 saturated heterocycles. The number of nitrogens with one attached hydrogen (secondary N) is 2. The van der Waals surface area contributed by atoms with Gasteiger partial charge < -0.3 is 20.1 Å². The second-order valence-corrected chi connectivity index (χ2v) is 8.28. The van der Waals surface area contributed by atoms with Crippen LogP contribution in [0.5, 0.6) is 11.5 Å². The lowest BCUT2D eigenvalue weighted by Gasteiger charge is -2.39. The van der Waals surface area contributed by atoms with Crippen LogP contribution in [0.4, 0.5) is 0 Å². The van der Waals surface area contributed by atoms with E-state index in [1.54, 1.807) is 14.2 Å². The molecule has 2 unspecified atom stereocenters. The largest absolute Gasteiger partial charge is 0.493 e. The summed E-state index contributed by atoms with van der Waals surface area (Å²) >= 11 is 1.85. The van der Waals surface area contributed by atoms with Gasteiger partial charge in [-0.3, -0.25) is 9.89 Å². The fourth-order valence-electron chi connectivity index (χ4n) is 4.10. The minimum Gasteiger partial charge on any atom is -0.493 e. The van der Waals surface area contributed by atoms with Crippen LogP contribution in [-0.2, 0) is 6.54 Å². The summed E-state index contributed by atoms with van der Waals surface area (Å²) in [6, 6.07) is 10.8. The first-order chi connectivity index (χ1) is 14.2. The van der Waals surface area contributed by atoms with Crippen molar-refractivity contribution in [2.45, 2.75) is 25.4 Å². The summed E-state index contributed by atoms with van der Waals surface area (Å²) < 4.78 is 10.9. The zero-order valence-electron chi connectivity index (χ0n) is 18.2. The Bertz CT molecular complexity index is 800. The molecular formula is C22H33IN4O2S. The molecule has 2 heterocycles. The van der Waals surface area contributed by atoms with E-state index in [2.05, 4.69) is 45.1 Å². The second-order valence-electron chi connectivity index (χ2n) is 7.30. The molecule has 30 heavy (non-hydrogen) atoms. The van der Waals surface area contributed by atoms with Gasteiger partial charge in [0.05, 0.1) is 14.2 Å². The predicted molar refractivity (Wildman–Crippen MR) is 136 cm³/mol. The van der Waals surface area contributed by atoms with E-state index in [1.807, 2.05) is 36.6 Å². The molecule has 0 radical (unpaired) electrons. The van der Waals surface area contributed by atoms with Crippen molar-refractivity contribution in [3.05, 3.63) is 46.2 Å². The third-order valence-electron chi connectivity index (χ3n) is 5.53. The van der Waals surface area contributed by atoms with Crippen molar-refractivity contribution in [1.82, 2.24) is 15.5 Å². The Kier molecular flexibility index (Phi) is 10.2. The number of likely N-dealkylation sites (tertiary alicyclic amines) is 1. The van der Waals surface area contributed by atoms with Gasteiger partial charge in [-0.05, 0) is 49.9 Å². The van der Waals surface area contributed by atoms with Crippen LogP contribution in [0.2, 0.25) is 0 Å². The van der Waals surface area contributed by atoms with Gasteiger partial charge in [0.25, 0.3) is 0 Å². The molecule has 1 fully saturated rings. The number of halogens is 1. The first kappa shape index (κ1) is 24.7. The number of guanidine groups is 1. The molecule has 3 rings (SSSR count). The molecule has 6 nitrogen and oxygen atoms in total. The van der Waals surface area contributed by atoms with Crippen LogP contribution < -0.4 is 20.1 Å². The number of piperidine rings is 1. The molecule has 1 aliphatic heterocycles. The summed E-state index contributed by atoms with van der Waals surface area (Å²) in [4.78, 5) is 8.34. The third kappa shape index (κ3) is 6.01. The maximum absolute atomic E-state index is 5.53. The van der Waals surface area contributed by atoms with Crippen molar-refractivity contribution in [3.8, 4) is 11.5 Å². The Morgan fingerprint density at radius 1 is 1.20 bits per heavy atom. The van der Waals surface area contributed by atoms with E-state index in [-0.39, 0.29) is 24.0 Å². The number of nitrogens with zero attached hydrogens (tertiary/aromatic N) is 2. The van der Waals surface area contributed by atoms with Crippen LogP contribution in [-0.4, -0.2) is 52.3 Å². The highest BCUT2D eigenvalue weighted by atomic mass is 127. The van der Waals surface area contributed by atoms with Gasteiger partial charge in [-0.2, -0.15) is 0 Å². The zero-order valence-corrected chi connectivity index (χ0v) is 21.3. The van der Waals surface area contributed by atoms with Crippen molar-refractivity contribution >= 4 is 41.3 Å². The number of thiophene rings is 1. The minimum atomic E-state index is 0. The SMILES string of the molecule is CN=C(NCc1cccc(OC)c1OC)NCC1CCCN(C)C1c1cccs1.I. The van der Waals surface area contributed by atoms with Gasteiger partial charge >= 0.3 is 0 Å². The van der Waals surface area contributed by atoms with Crippen LogP contribution in [0.25, 0.3) is 0 Å². The lowest BCUT2D eigenvalue weighted by Crippen LogP contribution is -2.44. The monoisotopic (exact) mass is 544 g/mol. The number of methoxy groups -OCH3 is 2. The molecule has 0 saturated carbocycles. The van der Waals surface area contributed by atoms with Crippen molar-refractivity contribution in [1.29, 1.82) is 0 Å². The van der Waals surface area contributed by atoms with Crippen LogP contribution in [0, 0.1) is 5.92 Å². The van der Waals surface area contributed by atoms with Gasteiger partial charge in [-0.1, -0.05) is 18.2 Å². The number of ether oxygens (including phenoxy) is 2. The molecule has 1 aromatic carbocycles. The lowest BCUT2D eigenvalue weighted by molar-refractivity contribution is 0.125. The Hall–Kier alpha value is -1.52. The average Bonchev–Trinajstić information content (AvgIpc) is 3.27. The molecule has 166 valence electrons. The number of hydrogen-bond donors (Lipinski definition) is 2. The van der Waals surface area contributed by atoms with Crippen molar-refractivity contribution in [3.63, 3.8) is 0 Å². The molecular weight excluding hydrogens is 511 g/mol. The predicted octanol–water partition coefficient (Wildman–Crippen LogP) is 4.13. The highest BCUT2D eigenvalue weighted by Crippen LogP contribution is 2.36. The summed E-state index contributed by atoms with van der Waals surface area (Å²) in [5.41, 5.74) is 1.03. The quantitative estimate of drug-likeness (QED) is 0.312. The second kappa shape index (κ2) is 12.4. The number of rotatable bonds is 7. The highest BCUT2D eigenvalue weighted by molar-refractivity contribution is 14.0. The lowest BCUT2D eigenvalue weighted by atomic mass is 9.88. The fourth-order valence-corrected chi connectivity index (χ4v) is 5.09. The van der Waals surface area contributed by atoms with Gasteiger partial charge in [0.2, 0.25) is 0 Å². The molecule has 0 spiro atoms. The van der Waals surface area contributed by atoms with E-state index in [0.29, 0.717) is 18.5 Å². The molecule has 1 aromatic heterocycles. The van der Waals surface area contributed by atoms with E-state index in [4.69, 9.17) is 9.47 Å². The molecule has 8 heteroatoms. The van der Waals surface area contributed by atoms with E-state index >= 15 is 0 Å². The van der Waals surface area contributed by atoms with Gasteiger partial charge in [0.15, 0.2) is 17.5 Å². The van der Waals surface area contributed by atoms with Crippen molar-refractivity contribution in [2.24, 2.45) is 10.9 Å². The Morgan fingerprint density at radius 3 is 2.70 bits per heavy atom. The first-order valence-corrected chi connectivity index (χ1v) is 10.9. The number of para-hydroxylation sites is 1. The van der Waals surface area contributed by atoms with Crippen LogP contribution in [0.15, 0.2) is 40.7 Å². The highest BCUT2D eigenvalue weighted by Gasteiger charge is 2.31. The summed E-state index contributed by atoms with van der Waals surface area (Å²) in [6.45, 7) is 2.66. The zero-order chi connectivity index (χ0) is 20.6. The number of aliphatic imine (C=N–C) groups is 1. The van der Waals surface area contributed by atoms with Gasteiger partial charge in [-0.25, -0.2) is 0 Å². The van der Waals surface area contributed by atoms with Gasteiger partial charge in [0.1, 0.15) is 0 Å². The van der Waals surface area contributed by atoms with Crippen LogP contribution >= 0.6 is 35.3 Å². The normalized spacial score (nSPS) is 19.7. The Morgan fingerprint density at radius 2 is 2.03 bits per heavy atom. The molecule has 2 atom stereocenters. The topological polar surface area (TPSA) is 58.1 Å². The number of hydrogen-bond acceptors (Lipinski definition) is 5. The van der Waals surface area contributed by atoms with E-state index in [9.17, 15) is 0 Å². The first-order valence-electron chi connectivity index (χ1n) is 10.1. The summed E-state index contributed by atoms with van der Waals surface area (Å²) in [5.74, 6) is 2.84. The molecule has 0 bridgehead atoms. The molecule has 1 aliphatic rings. The number of benzene rings is 1. The molecule has 0 amide bonds. The standard InChI is InChI=1S/C22H32N4O2S.HI/c1-23-22(25-15-17-8-5-10-18(27-3)21(17)28-4)24-14-16-9-6-12-26(2)20(16)19-11-7-13-29-19;/h5,7-8,10-11,13,16,20H,6,9,12,14-15H2,1-4H3,(H2,23,24,25);1H. The summed E-state index contributed by atoms with van der Waals surface area (Å²) in [7, 11) is 7.36. The fraction of sp³-hybridized carbons (Fsp3) is 0.500. The Balaban J connectivity index is 0.00000320. The van der Waals surface area contributed by atoms with Crippen LogP contribution in [0.1, 0.15) is 29.3 Å². The molecule has 0 aliphatic carbocycles.